The summed E-state index contributed by atoms with van der Waals surface area (Å²) in [5.74, 6) is 0. The first kappa shape index (κ1) is 17.8. The minimum Gasteiger partial charge on any atom is -0.382 e. The van der Waals surface area contributed by atoms with Gasteiger partial charge in [-0.15, -0.1) is 0 Å². The van der Waals surface area contributed by atoms with Crippen LogP contribution >= 0.6 is 0 Å². The Labute approximate surface area is 121 Å². The first-order valence-electron chi connectivity index (χ1n) is 7.07. The molecular formula is C13H28NO6+. The number of quaternary nitrogens is 1. The van der Waals surface area contributed by atoms with Crippen LogP contribution in [0.25, 0.3) is 0 Å². The molecular weight excluding hydrogens is 266 g/mol. The zero-order chi connectivity index (χ0) is 14.5. The molecule has 0 aromatic carbocycles. The third-order valence-electron chi connectivity index (χ3n) is 2.95. The normalized spacial score (nSPS) is 18.3. The van der Waals surface area contributed by atoms with Crippen LogP contribution in [-0.2, 0) is 28.4 Å². The van der Waals surface area contributed by atoms with Crippen LogP contribution in [0.2, 0.25) is 0 Å². The van der Waals surface area contributed by atoms with Gasteiger partial charge in [0.05, 0.1) is 46.2 Å². The Morgan fingerprint density at radius 2 is 1.65 bits per heavy atom. The Morgan fingerprint density at radius 1 is 0.950 bits per heavy atom. The second-order valence-corrected chi connectivity index (χ2v) is 4.53. The SMILES string of the molecule is COCCOCC(OCCOC)OC[NH+]1CCOCC1. The van der Waals surface area contributed by atoms with Gasteiger partial charge < -0.3 is 33.3 Å². The first-order chi connectivity index (χ1) is 9.86. The second-order valence-electron chi connectivity index (χ2n) is 4.53. The molecule has 7 heteroatoms. The van der Waals surface area contributed by atoms with Gasteiger partial charge in [-0.25, -0.2) is 0 Å². The van der Waals surface area contributed by atoms with Gasteiger partial charge in [0.1, 0.15) is 13.1 Å². The quantitative estimate of drug-likeness (QED) is 0.350. The molecule has 1 aliphatic rings. The zero-order valence-corrected chi connectivity index (χ0v) is 12.6. The first-order valence-corrected chi connectivity index (χ1v) is 7.07. The lowest BCUT2D eigenvalue weighted by molar-refractivity contribution is -0.928. The summed E-state index contributed by atoms with van der Waals surface area (Å²) in [5, 5.41) is 0. The third kappa shape index (κ3) is 8.80. The molecule has 1 aliphatic heterocycles. The number of rotatable bonds is 12. The second kappa shape index (κ2) is 12.5. The molecule has 1 fully saturated rings. The molecule has 0 aromatic rings. The minimum atomic E-state index is -0.364. The van der Waals surface area contributed by atoms with Crippen molar-refractivity contribution in [3.8, 4) is 0 Å². The van der Waals surface area contributed by atoms with E-state index in [-0.39, 0.29) is 6.29 Å². The molecule has 0 amide bonds. The molecule has 0 bridgehead atoms. The lowest BCUT2D eigenvalue weighted by Gasteiger charge is -2.26. The van der Waals surface area contributed by atoms with E-state index >= 15 is 0 Å². The van der Waals surface area contributed by atoms with Crippen LogP contribution in [-0.4, -0.2) is 86.6 Å². The van der Waals surface area contributed by atoms with E-state index in [1.165, 1.54) is 4.90 Å². The lowest BCUT2D eigenvalue weighted by atomic mass is 10.5. The molecule has 1 rings (SSSR count). The summed E-state index contributed by atoms with van der Waals surface area (Å²) in [4.78, 5) is 1.37. The molecule has 20 heavy (non-hydrogen) atoms. The van der Waals surface area contributed by atoms with Crippen molar-refractivity contribution in [2.45, 2.75) is 6.29 Å². The largest absolute Gasteiger partial charge is 0.382 e. The number of ether oxygens (including phenoxy) is 6. The highest BCUT2D eigenvalue weighted by Crippen LogP contribution is 1.96. The van der Waals surface area contributed by atoms with E-state index in [4.69, 9.17) is 28.4 Å². The predicted molar refractivity (Wildman–Crippen MR) is 71.8 cm³/mol. The highest BCUT2D eigenvalue weighted by atomic mass is 16.7. The maximum absolute atomic E-state index is 5.77. The van der Waals surface area contributed by atoms with Gasteiger partial charge in [-0.05, 0) is 0 Å². The minimum absolute atomic E-state index is 0.364. The number of methoxy groups -OCH3 is 2. The fourth-order valence-electron chi connectivity index (χ4n) is 1.74. The van der Waals surface area contributed by atoms with Crippen LogP contribution in [0.4, 0.5) is 0 Å². The van der Waals surface area contributed by atoms with Crippen LogP contribution < -0.4 is 4.90 Å². The maximum atomic E-state index is 5.77. The van der Waals surface area contributed by atoms with E-state index in [2.05, 4.69) is 0 Å². The van der Waals surface area contributed by atoms with E-state index in [0.29, 0.717) is 39.8 Å². The summed E-state index contributed by atoms with van der Waals surface area (Å²) >= 11 is 0. The van der Waals surface area contributed by atoms with Gasteiger partial charge in [0, 0.05) is 14.2 Å². The van der Waals surface area contributed by atoms with Crippen molar-refractivity contribution >= 4 is 0 Å². The molecule has 1 atom stereocenters. The lowest BCUT2D eigenvalue weighted by Crippen LogP contribution is -3.14. The van der Waals surface area contributed by atoms with E-state index in [9.17, 15) is 0 Å². The average Bonchev–Trinajstić information content (AvgIpc) is 2.49. The summed E-state index contributed by atoms with van der Waals surface area (Å²) in [6.45, 7) is 6.66. The van der Waals surface area contributed by atoms with Gasteiger partial charge in [-0.1, -0.05) is 0 Å². The molecule has 1 saturated heterocycles. The monoisotopic (exact) mass is 294 g/mol. The Kier molecular flexibility index (Phi) is 11.1. The maximum Gasteiger partial charge on any atom is 0.186 e. The molecule has 7 nitrogen and oxygen atoms in total. The third-order valence-corrected chi connectivity index (χ3v) is 2.95. The average molecular weight is 294 g/mol. The molecule has 0 spiro atoms. The van der Waals surface area contributed by atoms with Crippen molar-refractivity contribution in [2.24, 2.45) is 0 Å². The fraction of sp³-hybridized carbons (Fsp3) is 1.00. The van der Waals surface area contributed by atoms with Gasteiger partial charge in [0.25, 0.3) is 0 Å². The standard InChI is InChI=1S/C13H27NO6/c1-15-7-9-18-11-13(19-10-8-16-2)20-12-14-3-5-17-6-4-14/h13H,3-12H2,1-2H3/p+1. The van der Waals surface area contributed by atoms with Crippen molar-refractivity contribution in [1.29, 1.82) is 0 Å². The Bertz CT molecular complexity index is 213. The molecule has 120 valence electrons. The molecule has 0 aromatic heterocycles. The zero-order valence-electron chi connectivity index (χ0n) is 12.6. The molecule has 0 aliphatic carbocycles. The smallest absolute Gasteiger partial charge is 0.186 e. The van der Waals surface area contributed by atoms with Crippen LogP contribution in [0.15, 0.2) is 0 Å². The molecule has 1 heterocycles. The Hall–Kier alpha value is -0.280. The number of morpholine rings is 1. The van der Waals surface area contributed by atoms with Crippen LogP contribution in [0.3, 0.4) is 0 Å². The Balaban J connectivity index is 2.17. The van der Waals surface area contributed by atoms with Crippen molar-refractivity contribution in [1.82, 2.24) is 0 Å². The van der Waals surface area contributed by atoms with Crippen molar-refractivity contribution in [3.63, 3.8) is 0 Å². The van der Waals surface area contributed by atoms with Crippen molar-refractivity contribution in [3.05, 3.63) is 0 Å². The van der Waals surface area contributed by atoms with E-state index in [1.54, 1.807) is 14.2 Å². The van der Waals surface area contributed by atoms with E-state index < -0.39 is 0 Å². The summed E-state index contributed by atoms with van der Waals surface area (Å²) in [6.07, 6.45) is -0.364. The summed E-state index contributed by atoms with van der Waals surface area (Å²) in [7, 11) is 3.29. The molecule has 1 N–H and O–H groups in total. The molecule has 0 saturated carbocycles. The highest BCUT2D eigenvalue weighted by molar-refractivity contribution is 4.43. The van der Waals surface area contributed by atoms with E-state index in [0.717, 1.165) is 26.3 Å². The number of hydrogen-bond donors (Lipinski definition) is 1. The Morgan fingerprint density at radius 3 is 2.35 bits per heavy atom. The summed E-state index contributed by atoms with van der Waals surface area (Å²) in [5.41, 5.74) is 0. The summed E-state index contributed by atoms with van der Waals surface area (Å²) < 4.78 is 32.0. The molecule has 0 radical (unpaired) electrons. The van der Waals surface area contributed by atoms with E-state index in [1.807, 2.05) is 0 Å². The fourth-order valence-corrected chi connectivity index (χ4v) is 1.74. The van der Waals surface area contributed by atoms with Crippen LogP contribution in [0, 0.1) is 0 Å². The van der Waals surface area contributed by atoms with Crippen LogP contribution in [0.1, 0.15) is 0 Å². The summed E-state index contributed by atoms with van der Waals surface area (Å²) in [6, 6.07) is 0. The van der Waals surface area contributed by atoms with Crippen molar-refractivity contribution < 1.29 is 33.3 Å². The number of nitrogens with one attached hydrogen (secondary N) is 1. The van der Waals surface area contributed by atoms with Gasteiger partial charge in [0.2, 0.25) is 0 Å². The van der Waals surface area contributed by atoms with Gasteiger partial charge >= 0.3 is 0 Å². The van der Waals surface area contributed by atoms with Gasteiger partial charge in [0.15, 0.2) is 13.0 Å². The van der Waals surface area contributed by atoms with Crippen molar-refractivity contribution in [2.75, 3.05) is 80.3 Å². The number of hydrogen-bond acceptors (Lipinski definition) is 6. The topological polar surface area (TPSA) is 59.8 Å². The van der Waals surface area contributed by atoms with Gasteiger partial charge in [-0.3, -0.25) is 0 Å². The predicted octanol–water partition coefficient (Wildman–Crippen LogP) is -1.47. The van der Waals surface area contributed by atoms with Gasteiger partial charge in [-0.2, -0.15) is 0 Å². The highest BCUT2D eigenvalue weighted by Gasteiger charge is 2.17. The van der Waals surface area contributed by atoms with Crippen LogP contribution in [0.5, 0.6) is 0 Å². The molecule has 1 unspecified atom stereocenters.